The molecule has 1 aliphatic rings. The standard InChI is InChI=1S/C19H23ClNO7PS/c1-13-9-14(12-29(23,24)25)10-16(20)19(13)28-15-5-6-17(22)18(11-15)30(26,27)21-7-3-2-4-8-21/h5-6,9-11,22H,2-4,7-8,12H2,1H3,(H2,23,24,25). The number of nitrogens with zero attached hydrogens (tertiary/aromatic N) is 1. The van der Waals surface area contributed by atoms with Gasteiger partial charge in [-0.15, -0.1) is 0 Å². The number of rotatable bonds is 6. The highest BCUT2D eigenvalue weighted by atomic mass is 35.5. The van der Waals surface area contributed by atoms with Crippen molar-refractivity contribution in [2.75, 3.05) is 13.1 Å². The van der Waals surface area contributed by atoms with Crippen molar-refractivity contribution in [1.82, 2.24) is 4.31 Å². The molecule has 2 aromatic rings. The van der Waals surface area contributed by atoms with Gasteiger partial charge in [0.2, 0.25) is 10.0 Å². The lowest BCUT2D eigenvalue weighted by molar-refractivity contribution is 0.344. The summed E-state index contributed by atoms with van der Waals surface area (Å²) in [4.78, 5) is 18.1. The summed E-state index contributed by atoms with van der Waals surface area (Å²) in [6, 6.07) is 6.86. The Morgan fingerprint density at radius 2 is 1.80 bits per heavy atom. The molecule has 0 spiro atoms. The molecule has 0 radical (unpaired) electrons. The molecule has 11 heteroatoms. The summed E-state index contributed by atoms with van der Waals surface area (Å²) in [6.07, 6.45) is 2.06. The third kappa shape index (κ3) is 5.35. The van der Waals surface area contributed by atoms with Gasteiger partial charge in [0, 0.05) is 19.2 Å². The fourth-order valence-electron chi connectivity index (χ4n) is 3.39. The minimum absolute atomic E-state index is 0.131. The molecule has 0 unspecified atom stereocenters. The number of ether oxygens (including phenoxy) is 1. The van der Waals surface area contributed by atoms with Gasteiger partial charge in [0.1, 0.15) is 22.1 Å². The fraction of sp³-hybridized carbons (Fsp3) is 0.368. The van der Waals surface area contributed by atoms with E-state index in [2.05, 4.69) is 0 Å². The van der Waals surface area contributed by atoms with E-state index in [0.717, 1.165) is 19.3 Å². The Labute approximate surface area is 180 Å². The maximum absolute atomic E-state index is 12.9. The third-order valence-electron chi connectivity index (χ3n) is 4.76. The quantitative estimate of drug-likeness (QED) is 0.539. The number of phenols is 1. The van der Waals surface area contributed by atoms with Gasteiger partial charge < -0.3 is 19.6 Å². The molecular weight excluding hydrogens is 453 g/mol. The first-order chi connectivity index (χ1) is 14.0. The zero-order valence-electron chi connectivity index (χ0n) is 16.3. The van der Waals surface area contributed by atoms with E-state index < -0.39 is 23.8 Å². The summed E-state index contributed by atoms with van der Waals surface area (Å²) in [5.41, 5.74) is 0.886. The van der Waals surface area contributed by atoms with Crippen molar-refractivity contribution in [3.8, 4) is 17.2 Å². The number of aromatic hydroxyl groups is 1. The van der Waals surface area contributed by atoms with Crippen LogP contribution in [0.25, 0.3) is 0 Å². The van der Waals surface area contributed by atoms with Crippen LogP contribution in [0.2, 0.25) is 5.02 Å². The Hall–Kier alpha value is -1.61. The molecule has 2 aromatic carbocycles. The summed E-state index contributed by atoms with van der Waals surface area (Å²) in [5.74, 6) is 0.0296. The Balaban J connectivity index is 1.91. The maximum Gasteiger partial charge on any atom is 0.329 e. The highest BCUT2D eigenvalue weighted by Crippen LogP contribution is 2.42. The minimum atomic E-state index is -4.25. The summed E-state index contributed by atoms with van der Waals surface area (Å²) in [6.45, 7) is 2.47. The molecule has 30 heavy (non-hydrogen) atoms. The molecule has 0 amide bonds. The zero-order chi connectivity index (χ0) is 22.1. The second kappa shape index (κ2) is 8.86. The van der Waals surface area contributed by atoms with E-state index >= 15 is 0 Å². The second-order valence-corrected chi connectivity index (χ2v) is 11.2. The number of halogens is 1. The van der Waals surface area contributed by atoms with Crippen LogP contribution in [-0.4, -0.2) is 40.7 Å². The predicted molar refractivity (Wildman–Crippen MR) is 113 cm³/mol. The number of hydrogen-bond donors (Lipinski definition) is 3. The average molecular weight is 476 g/mol. The van der Waals surface area contributed by atoms with Crippen LogP contribution in [0.5, 0.6) is 17.2 Å². The highest BCUT2D eigenvalue weighted by molar-refractivity contribution is 7.89. The van der Waals surface area contributed by atoms with Gasteiger partial charge in [-0.25, -0.2) is 8.42 Å². The number of benzene rings is 2. The topological polar surface area (TPSA) is 124 Å². The molecule has 1 fully saturated rings. The van der Waals surface area contributed by atoms with Crippen LogP contribution in [0.3, 0.4) is 0 Å². The van der Waals surface area contributed by atoms with Crippen LogP contribution in [0.15, 0.2) is 35.2 Å². The van der Waals surface area contributed by atoms with Gasteiger partial charge >= 0.3 is 7.60 Å². The molecule has 0 atom stereocenters. The first kappa shape index (κ1) is 23.1. The molecule has 3 N–H and O–H groups in total. The number of hydrogen-bond acceptors (Lipinski definition) is 5. The van der Waals surface area contributed by atoms with Crippen LogP contribution >= 0.6 is 19.2 Å². The lowest BCUT2D eigenvalue weighted by Crippen LogP contribution is -2.35. The summed E-state index contributed by atoms with van der Waals surface area (Å²) in [7, 11) is -8.12. The van der Waals surface area contributed by atoms with E-state index in [4.69, 9.17) is 26.1 Å². The minimum Gasteiger partial charge on any atom is -0.507 e. The first-order valence-corrected chi connectivity index (χ1v) is 12.9. The van der Waals surface area contributed by atoms with Gasteiger partial charge in [-0.1, -0.05) is 24.1 Å². The molecule has 0 aliphatic carbocycles. The van der Waals surface area contributed by atoms with Gasteiger partial charge in [0.15, 0.2) is 0 Å². The van der Waals surface area contributed by atoms with Crippen LogP contribution < -0.4 is 4.74 Å². The van der Waals surface area contributed by atoms with Crippen molar-refractivity contribution in [3.63, 3.8) is 0 Å². The van der Waals surface area contributed by atoms with Gasteiger partial charge in [-0.05, 0) is 49.1 Å². The second-order valence-electron chi connectivity index (χ2n) is 7.24. The van der Waals surface area contributed by atoms with E-state index in [9.17, 15) is 18.1 Å². The number of phenolic OH excluding ortho intramolecular Hbond substituents is 1. The summed E-state index contributed by atoms with van der Waals surface area (Å²) in [5, 5.41) is 10.3. The summed E-state index contributed by atoms with van der Waals surface area (Å²) < 4.78 is 44.2. The molecule has 1 aliphatic heterocycles. The predicted octanol–water partition coefficient (Wildman–Crippen LogP) is 4.00. The maximum atomic E-state index is 12.9. The Bertz CT molecular complexity index is 1070. The first-order valence-electron chi connectivity index (χ1n) is 9.32. The van der Waals surface area contributed by atoms with Crippen molar-refractivity contribution < 1.29 is 32.6 Å². The van der Waals surface area contributed by atoms with Crippen molar-refractivity contribution in [2.24, 2.45) is 0 Å². The summed E-state index contributed by atoms with van der Waals surface area (Å²) >= 11 is 6.24. The smallest absolute Gasteiger partial charge is 0.329 e. The van der Waals surface area contributed by atoms with Crippen LogP contribution in [-0.2, 0) is 20.8 Å². The van der Waals surface area contributed by atoms with Crippen molar-refractivity contribution >= 4 is 29.2 Å². The third-order valence-corrected chi connectivity index (χ3v) is 7.75. The fourth-order valence-corrected chi connectivity index (χ4v) is 5.99. The normalized spacial score (nSPS) is 15.9. The van der Waals surface area contributed by atoms with E-state index in [1.807, 2.05) is 0 Å². The van der Waals surface area contributed by atoms with E-state index in [0.29, 0.717) is 24.2 Å². The monoisotopic (exact) mass is 475 g/mol. The van der Waals surface area contributed by atoms with E-state index in [-0.39, 0.29) is 27.2 Å². The molecule has 3 rings (SSSR count). The zero-order valence-corrected chi connectivity index (χ0v) is 18.8. The number of aryl methyl sites for hydroxylation is 1. The molecular formula is C19H23ClNO7PS. The van der Waals surface area contributed by atoms with Crippen molar-refractivity contribution in [2.45, 2.75) is 37.2 Å². The largest absolute Gasteiger partial charge is 0.507 e. The molecule has 1 saturated heterocycles. The molecule has 1 heterocycles. The SMILES string of the molecule is Cc1cc(CP(=O)(O)O)cc(Cl)c1Oc1ccc(O)c(S(=O)(=O)N2CCCCC2)c1. The van der Waals surface area contributed by atoms with Gasteiger partial charge in [-0.2, -0.15) is 4.31 Å². The lowest BCUT2D eigenvalue weighted by Gasteiger charge is -2.26. The Kier molecular flexibility index (Phi) is 6.81. The molecule has 164 valence electrons. The van der Waals surface area contributed by atoms with E-state index in [1.165, 1.54) is 28.6 Å². The Morgan fingerprint density at radius 1 is 1.13 bits per heavy atom. The van der Waals surface area contributed by atoms with Crippen molar-refractivity contribution in [1.29, 1.82) is 0 Å². The number of piperidine rings is 1. The van der Waals surface area contributed by atoms with E-state index in [1.54, 1.807) is 13.0 Å². The van der Waals surface area contributed by atoms with Gasteiger partial charge in [0.25, 0.3) is 0 Å². The average Bonchev–Trinajstić information content (AvgIpc) is 2.65. The molecule has 0 bridgehead atoms. The van der Waals surface area contributed by atoms with Crippen LogP contribution in [0, 0.1) is 6.92 Å². The molecule has 0 aromatic heterocycles. The van der Waals surface area contributed by atoms with Crippen LogP contribution in [0.1, 0.15) is 30.4 Å². The lowest BCUT2D eigenvalue weighted by atomic mass is 10.1. The Morgan fingerprint density at radius 3 is 2.40 bits per heavy atom. The van der Waals surface area contributed by atoms with Gasteiger partial charge in [0.05, 0.1) is 11.2 Å². The van der Waals surface area contributed by atoms with Crippen molar-refractivity contribution in [3.05, 3.63) is 46.5 Å². The van der Waals surface area contributed by atoms with Gasteiger partial charge in [-0.3, -0.25) is 4.57 Å². The highest BCUT2D eigenvalue weighted by Gasteiger charge is 2.29. The molecule has 8 nitrogen and oxygen atoms in total. The number of sulfonamides is 1. The van der Waals surface area contributed by atoms with Crippen LogP contribution in [0.4, 0.5) is 0 Å². The molecule has 0 saturated carbocycles.